The molecule has 0 saturated heterocycles. The summed E-state index contributed by atoms with van der Waals surface area (Å²) in [6, 6.07) is 0. The average Bonchev–Trinajstić information content (AvgIpc) is 2.04. The van der Waals surface area contributed by atoms with Gasteiger partial charge in [-0.15, -0.1) is 0 Å². The number of likely N-dealkylation sites (N-methyl/N-ethyl adjacent to an activating group) is 1. The van der Waals surface area contributed by atoms with Crippen LogP contribution in [0, 0.1) is 0 Å². The zero-order valence-corrected chi connectivity index (χ0v) is 9.93. The predicted molar refractivity (Wildman–Crippen MR) is 63.7 cm³/mol. The third-order valence-corrected chi connectivity index (χ3v) is 2.05. The maximum absolute atomic E-state index is 4.11. The molecule has 0 rings (SSSR count). The molecule has 0 aromatic carbocycles. The van der Waals surface area contributed by atoms with Gasteiger partial charge in [0.2, 0.25) is 0 Å². The topological polar surface area (TPSA) is 6.48 Å². The van der Waals surface area contributed by atoms with Gasteiger partial charge in [-0.3, -0.25) is 0 Å². The largest absolute Gasteiger partial charge is 0.309 e. The smallest absolute Gasteiger partial charge is 0.0160 e. The minimum absolute atomic E-state index is 0.839. The highest BCUT2D eigenvalue weighted by Gasteiger charge is 1.95. The van der Waals surface area contributed by atoms with Crippen molar-refractivity contribution in [2.24, 2.45) is 0 Å². The highest BCUT2D eigenvalue weighted by molar-refractivity contribution is 7.80. The highest BCUT2D eigenvalue weighted by Crippen LogP contribution is 1.90. The van der Waals surface area contributed by atoms with Gasteiger partial charge in [-0.1, -0.05) is 12.2 Å². The van der Waals surface area contributed by atoms with E-state index in [0.717, 1.165) is 18.8 Å². The van der Waals surface area contributed by atoms with Crippen LogP contribution in [-0.4, -0.2) is 56.3 Å². The lowest BCUT2D eigenvalue weighted by Gasteiger charge is -2.16. The second-order valence-electron chi connectivity index (χ2n) is 3.57. The van der Waals surface area contributed by atoms with Crippen LogP contribution in [0.5, 0.6) is 0 Å². The number of hydrogen-bond acceptors (Lipinski definition) is 3. The molecule has 0 aliphatic rings. The van der Waals surface area contributed by atoms with Crippen molar-refractivity contribution in [2.75, 3.05) is 46.5 Å². The van der Waals surface area contributed by atoms with Gasteiger partial charge >= 0.3 is 0 Å². The van der Waals surface area contributed by atoms with E-state index in [4.69, 9.17) is 0 Å². The second-order valence-corrected chi connectivity index (χ2v) is 3.94. The molecule has 0 atom stereocenters. The first kappa shape index (κ1) is 13.0. The van der Waals surface area contributed by atoms with Gasteiger partial charge < -0.3 is 9.80 Å². The van der Waals surface area contributed by atoms with Crippen LogP contribution in [0.3, 0.4) is 0 Å². The van der Waals surface area contributed by atoms with Crippen LogP contribution in [0.15, 0.2) is 12.2 Å². The third kappa shape index (κ3) is 9.93. The lowest BCUT2D eigenvalue weighted by Crippen LogP contribution is -2.23. The van der Waals surface area contributed by atoms with Crippen molar-refractivity contribution in [3.63, 3.8) is 0 Å². The van der Waals surface area contributed by atoms with E-state index in [1.165, 1.54) is 13.0 Å². The fourth-order valence-corrected chi connectivity index (χ4v) is 1.23. The van der Waals surface area contributed by atoms with Crippen LogP contribution in [0.1, 0.15) is 6.42 Å². The van der Waals surface area contributed by atoms with Crippen molar-refractivity contribution in [2.45, 2.75) is 6.42 Å². The number of hydrogen-bond donors (Lipinski definition) is 1. The van der Waals surface area contributed by atoms with Crippen LogP contribution in [0.25, 0.3) is 0 Å². The zero-order valence-electron chi connectivity index (χ0n) is 9.03. The Morgan fingerprint density at radius 3 is 2.31 bits per heavy atom. The molecule has 0 heterocycles. The molecule has 2 nitrogen and oxygen atoms in total. The fourth-order valence-electron chi connectivity index (χ4n) is 1.08. The summed E-state index contributed by atoms with van der Waals surface area (Å²) >= 11 is 4.11. The number of nitrogens with zero attached hydrogens (tertiary/aromatic N) is 2. The Balaban J connectivity index is 3.29. The summed E-state index contributed by atoms with van der Waals surface area (Å²) < 4.78 is 0. The summed E-state index contributed by atoms with van der Waals surface area (Å²) in [5, 5.41) is 0. The van der Waals surface area contributed by atoms with Crippen molar-refractivity contribution >= 4 is 12.6 Å². The normalized spacial score (nSPS) is 12.2. The van der Waals surface area contributed by atoms with Crippen LogP contribution >= 0.6 is 12.6 Å². The van der Waals surface area contributed by atoms with E-state index in [2.05, 4.69) is 55.7 Å². The molecule has 0 amide bonds. The van der Waals surface area contributed by atoms with Gasteiger partial charge in [-0.05, 0) is 40.7 Å². The lowest BCUT2D eigenvalue weighted by atomic mass is 10.3. The summed E-state index contributed by atoms with van der Waals surface area (Å²) in [7, 11) is 6.38. The molecule has 0 spiro atoms. The van der Waals surface area contributed by atoms with E-state index in [0.29, 0.717) is 0 Å². The Morgan fingerprint density at radius 1 is 1.08 bits per heavy atom. The van der Waals surface area contributed by atoms with Gasteiger partial charge in [-0.25, -0.2) is 0 Å². The van der Waals surface area contributed by atoms with E-state index < -0.39 is 0 Å². The van der Waals surface area contributed by atoms with Gasteiger partial charge in [0.25, 0.3) is 0 Å². The Kier molecular flexibility index (Phi) is 8.61. The molecular formula is C10H22N2S. The average molecular weight is 202 g/mol. The van der Waals surface area contributed by atoms with Crippen LogP contribution < -0.4 is 0 Å². The summed E-state index contributed by atoms with van der Waals surface area (Å²) in [6.07, 6.45) is 5.49. The van der Waals surface area contributed by atoms with E-state index >= 15 is 0 Å². The van der Waals surface area contributed by atoms with Gasteiger partial charge in [0.05, 0.1) is 0 Å². The van der Waals surface area contributed by atoms with Crippen molar-refractivity contribution in [3.8, 4) is 0 Å². The predicted octanol–water partition coefficient (Wildman–Crippen LogP) is 1.36. The quantitative estimate of drug-likeness (QED) is 0.492. The van der Waals surface area contributed by atoms with Crippen molar-refractivity contribution in [1.82, 2.24) is 9.80 Å². The molecular weight excluding hydrogens is 180 g/mol. The van der Waals surface area contributed by atoms with Gasteiger partial charge in [-0.2, -0.15) is 12.6 Å². The first-order chi connectivity index (χ1) is 6.16. The molecule has 0 aliphatic carbocycles. The minimum atomic E-state index is 0.839. The molecule has 0 aromatic heterocycles. The molecule has 3 heteroatoms. The molecule has 13 heavy (non-hydrogen) atoms. The Bertz CT molecular complexity index is 135. The van der Waals surface area contributed by atoms with Crippen molar-refractivity contribution in [1.29, 1.82) is 0 Å². The van der Waals surface area contributed by atoms with Crippen molar-refractivity contribution < 1.29 is 0 Å². The third-order valence-electron chi connectivity index (χ3n) is 1.83. The Morgan fingerprint density at radius 2 is 1.77 bits per heavy atom. The van der Waals surface area contributed by atoms with Crippen molar-refractivity contribution in [3.05, 3.63) is 12.2 Å². The molecule has 0 N–H and O–H groups in total. The molecule has 0 aliphatic heterocycles. The maximum Gasteiger partial charge on any atom is 0.0160 e. The van der Waals surface area contributed by atoms with E-state index in [1.54, 1.807) is 0 Å². The van der Waals surface area contributed by atoms with Gasteiger partial charge in [0.15, 0.2) is 0 Å². The van der Waals surface area contributed by atoms with E-state index in [1.807, 2.05) is 0 Å². The first-order valence-electron chi connectivity index (χ1n) is 4.76. The first-order valence-corrected chi connectivity index (χ1v) is 5.39. The van der Waals surface area contributed by atoms with Crippen LogP contribution in [0.2, 0.25) is 0 Å². The molecule has 0 bridgehead atoms. The highest BCUT2D eigenvalue weighted by atomic mass is 32.1. The Labute approximate surface area is 88.0 Å². The Hall–Kier alpha value is 0.01000. The summed E-state index contributed by atoms with van der Waals surface area (Å²) in [5.74, 6) is 0.839. The van der Waals surface area contributed by atoms with E-state index in [-0.39, 0.29) is 0 Å². The summed E-state index contributed by atoms with van der Waals surface area (Å²) in [6.45, 7) is 3.36. The summed E-state index contributed by atoms with van der Waals surface area (Å²) in [4.78, 5) is 4.54. The van der Waals surface area contributed by atoms with Crippen LogP contribution in [0.4, 0.5) is 0 Å². The van der Waals surface area contributed by atoms with E-state index in [9.17, 15) is 0 Å². The molecule has 0 fully saturated rings. The minimum Gasteiger partial charge on any atom is -0.309 e. The maximum atomic E-state index is 4.11. The van der Waals surface area contributed by atoms with Gasteiger partial charge in [0.1, 0.15) is 0 Å². The fraction of sp³-hybridized carbons (Fsp3) is 0.800. The van der Waals surface area contributed by atoms with Gasteiger partial charge in [0, 0.05) is 12.3 Å². The SMILES string of the molecule is CN(C)CCCN(C)CC=CCS. The molecule has 0 radical (unpaired) electrons. The molecule has 0 unspecified atom stereocenters. The number of rotatable bonds is 7. The standard InChI is InChI=1S/C10H22N2S/c1-11(2)7-6-9-12(3)8-4-5-10-13/h4-5,13H,6-10H2,1-3H3. The second kappa shape index (κ2) is 8.60. The zero-order chi connectivity index (χ0) is 10.1. The molecule has 78 valence electrons. The molecule has 0 aromatic rings. The lowest BCUT2D eigenvalue weighted by molar-refractivity contribution is 0.322. The van der Waals surface area contributed by atoms with Crippen LogP contribution in [-0.2, 0) is 0 Å². The number of thiol groups is 1. The summed E-state index contributed by atoms with van der Waals surface area (Å²) in [5.41, 5.74) is 0. The monoisotopic (exact) mass is 202 g/mol. The molecule has 0 saturated carbocycles.